The maximum atomic E-state index is 13.2. The van der Waals surface area contributed by atoms with E-state index in [-0.39, 0.29) is 4.90 Å². The van der Waals surface area contributed by atoms with Gasteiger partial charge < -0.3 is 4.57 Å². The number of nitrogens with zero attached hydrogens (tertiary/aromatic N) is 1. The van der Waals surface area contributed by atoms with Crippen LogP contribution in [0.25, 0.3) is 10.9 Å². The van der Waals surface area contributed by atoms with Crippen molar-refractivity contribution in [3.63, 3.8) is 0 Å². The van der Waals surface area contributed by atoms with Crippen molar-refractivity contribution in [1.82, 2.24) is 4.57 Å². The molecule has 0 aliphatic heterocycles. The molecular weight excluding hydrogens is 229 g/mol. The van der Waals surface area contributed by atoms with Crippen molar-refractivity contribution in [2.75, 3.05) is 0 Å². The summed E-state index contributed by atoms with van der Waals surface area (Å²) in [6, 6.07) is 6.93. The van der Waals surface area contributed by atoms with E-state index in [1.165, 1.54) is 0 Å². The van der Waals surface area contributed by atoms with Gasteiger partial charge in [-0.25, -0.2) is 0 Å². The van der Waals surface area contributed by atoms with Crippen LogP contribution in [0.1, 0.15) is 12.6 Å². The normalized spacial score (nSPS) is 12.2. The Hall–Kier alpha value is -1.36. The maximum Gasteiger partial charge on any atom is 0.334 e. The lowest BCUT2D eigenvalue weighted by Crippen LogP contribution is -1.99. The zero-order chi connectivity index (χ0) is 11.9. The number of aryl methyl sites for hydroxylation is 1. The number of aromatic nitrogens is 1. The number of hydrogen-bond donors (Lipinski definition) is 0. The van der Waals surface area contributed by atoms with Gasteiger partial charge in [0.25, 0.3) is 0 Å². The number of para-hydroxylation sites is 1. The van der Waals surface area contributed by atoms with Gasteiger partial charge in [0.05, 0.1) is 0 Å². The lowest BCUT2D eigenvalue weighted by molar-refractivity contribution is 0.551. The molecule has 1 heterocycles. The molecule has 5 heteroatoms. The van der Waals surface area contributed by atoms with Crippen LogP contribution in [-0.2, 0) is 16.8 Å². The fraction of sp³-hybridized carbons (Fsp3) is 0.273. The number of rotatable bonds is 2. The zero-order valence-electron chi connectivity index (χ0n) is 9.07. The smallest absolute Gasteiger partial charge is 0.334 e. The van der Waals surface area contributed by atoms with Gasteiger partial charge in [-0.05, 0) is 19.9 Å². The summed E-state index contributed by atoms with van der Waals surface area (Å²) in [5.41, 5.74) is 1.20. The summed E-state index contributed by atoms with van der Waals surface area (Å²) in [6.45, 7) is 4.13. The van der Waals surface area contributed by atoms with Gasteiger partial charge in [-0.2, -0.15) is 8.42 Å². The molecule has 0 amide bonds. The molecule has 0 radical (unpaired) electrons. The minimum Gasteiger partial charge on any atom is -0.344 e. The van der Waals surface area contributed by atoms with E-state index in [4.69, 9.17) is 0 Å². The Kier molecular flexibility index (Phi) is 2.50. The van der Waals surface area contributed by atoms with Crippen LogP contribution in [-0.4, -0.2) is 13.0 Å². The first-order valence-electron chi connectivity index (χ1n) is 4.99. The van der Waals surface area contributed by atoms with Gasteiger partial charge in [-0.1, -0.05) is 18.2 Å². The molecule has 0 fully saturated rings. The van der Waals surface area contributed by atoms with Crippen molar-refractivity contribution in [2.45, 2.75) is 25.3 Å². The number of benzene rings is 1. The third kappa shape index (κ3) is 1.51. The Morgan fingerprint density at radius 1 is 1.31 bits per heavy atom. The summed E-state index contributed by atoms with van der Waals surface area (Å²) < 4.78 is 37.2. The van der Waals surface area contributed by atoms with E-state index in [2.05, 4.69) is 0 Å². The molecule has 1 aromatic carbocycles. The first-order chi connectivity index (χ1) is 7.46. The standard InChI is InChI=1S/C11H12FNO2S/c1-3-13-8(2)11(16(12,14)15)9-6-4-5-7-10(9)13/h4-7H,3H2,1-2H3. The van der Waals surface area contributed by atoms with Crippen LogP contribution in [0.3, 0.4) is 0 Å². The lowest BCUT2D eigenvalue weighted by Gasteiger charge is -2.02. The summed E-state index contributed by atoms with van der Waals surface area (Å²) in [5.74, 6) is 0. The molecule has 0 unspecified atom stereocenters. The molecule has 3 nitrogen and oxygen atoms in total. The van der Waals surface area contributed by atoms with Crippen LogP contribution < -0.4 is 0 Å². The van der Waals surface area contributed by atoms with Crippen LogP contribution in [0.15, 0.2) is 29.2 Å². The molecule has 0 bridgehead atoms. The van der Waals surface area contributed by atoms with E-state index < -0.39 is 10.2 Å². The highest BCUT2D eigenvalue weighted by Gasteiger charge is 2.23. The summed E-state index contributed by atoms with van der Waals surface area (Å²) in [6.07, 6.45) is 0. The minimum atomic E-state index is -4.67. The quantitative estimate of drug-likeness (QED) is 0.758. The minimum absolute atomic E-state index is 0.204. The average Bonchev–Trinajstić information content (AvgIpc) is 2.48. The molecule has 1 aromatic heterocycles. The van der Waals surface area contributed by atoms with Gasteiger partial charge in [0.2, 0.25) is 0 Å². The van der Waals surface area contributed by atoms with E-state index in [1.54, 1.807) is 29.7 Å². The molecular formula is C11H12FNO2S. The van der Waals surface area contributed by atoms with Crippen molar-refractivity contribution in [2.24, 2.45) is 0 Å². The van der Waals surface area contributed by atoms with Gasteiger partial charge in [0.15, 0.2) is 0 Å². The first-order valence-corrected chi connectivity index (χ1v) is 6.37. The Morgan fingerprint density at radius 2 is 1.94 bits per heavy atom. The Balaban J connectivity index is 3.00. The molecule has 0 aliphatic carbocycles. The van der Waals surface area contributed by atoms with E-state index >= 15 is 0 Å². The fourth-order valence-corrected chi connectivity index (χ4v) is 3.01. The number of fused-ring (bicyclic) bond motifs is 1. The third-order valence-electron chi connectivity index (χ3n) is 2.73. The van der Waals surface area contributed by atoms with Crippen molar-refractivity contribution in [3.8, 4) is 0 Å². The SMILES string of the molecule is CCn1c(C)c(S(=O)(=O)F)c2ccccc21. The second kappa shape index (κ2) is 3.59. The fourth-order valence-electron chi connectivity index (χ4n) is 2.11. The van der Waals surface area contributed by atoms with Crippen LogP contribution in [0, 0.1) is 6.92 Å². The van der Waals surface area contributed by atoms with Gasteiger partial charge in [-0.3, -0.25) is 0 Å². The first kappa shape index (κ1) is 11.1. The zero-order valence-corrected chi connectivity index (χ0v) is 9.88. The predicted octanol–water partition coefficient (Wildman–Crippen LogP) is 2.63. The Bertz CT molecular complexity index is 643. The number of halogens is 1. The lowest BCUT2D eigenvalue weighted by atomic mass is 10.2. The summed E-state index contributed by atoms with van der Waals surface area (Å²) in [5, 5.41) is 0.448. The highest BCUT2D eigenvalue weighted by atomic mass is 32.3. The Morgan fingerprint density at radius 3 is 2.50 bits per heavy atom. The van der Waals surface area contributed by atoms with Gasteiger partial charge in [0, 0.05) is 23.1 Å². The summed E-state index contributed by atoms with van der Waals surface area (Å²) in [7, 11) is -4.67. The van der Waals surface area contributed by atoms with E-state index in [9.17, 15) is 12.3 Å². The summed E-state index contributed by atoms with van der Waals surface area (Å²) >= 11 is 0. The molecule has 0 saturated heterocycles. The molecule has 0 atom stereocenters. The molecule has 2 rings (SSSR count). The van der Waals surface area contributed by atoms with Crippen molar-refractivity contribution < 1.29 is 12.3 Å². The van der Waals surface area contributed by atoms with Gasteiger partial charge in [0.1, 0.15) is 4.90 Å². The topological polar surface area (TPSA) is 39.1 Å². The van der Waals surface area contributed by atoms with Gasteiger partial charge >= 0.3 is 10.2 Å². The molecule has 0 spiro atoms. The summed E-state index contributed by atoms with van der Waals surface area (Å²) in [4.78, 5) is -0.204. The highest BCUT2D eigenvalue weighted by molar-refractivity contribution is 7.86. The molecule has 86 valence electrons. The molecule has 0 N–H and O–H groups in total. The second-order valence-corrected chi connectivity index (χ2v) is 4.90. The molecule has 2 aromatic rings. The van der Waals surface area contributed by atoms with Crippen molar-refractivity contribution in [1.29, 1.82) is 0 Å². The highest BCUT2D eigenvalue weighted by Crippen LogP contribution is 2.30. The number of hydrogen-bond acceptors (Lipinski definition) is 2. The Labute approximate surface area is 93.7 Å². The van der Waals surface area contributed by atoms with Crippen LogP contribution >= 0.6 is 0 Å². The van der Waals surface area contributed by atoms with E-state index in [0.717, 1.165) is 5.52 Å². The van der Waals surface area contributed by atoms with Crippen LogP contribution in [0.2, 0.25) is 0 Å². The van der Waals surface area contributed by atoms with Gasteiger partial charge in [-0.15, -0.1) is 3.89 Å². The van der Waals surface area contributed by atoms with E-state index in [0.29, 0.717) is 17.6 Å². The van der Waals surface area contributed by atoms with Crippen LogP contribution in [0.5, 0.6) is 0 Å². The molecule has 0 aliphatic rings. The van der Waals surface area contributed by atoms with Crippen LogP contribution in [0.4, 0.5) is 3.89 Å². The third-order valence-corrected chi connectivity index (χ3v) is 3.74. The molecule has 0 saturated carbocycles. The van der Waals surface area contributed by atoms with Crippen molar-refractivity contribution in [3.05, 3.63) is 30.0 Å². The molecule has 16 heavy (non-hydrogen) atoms. The monoisotopic (exact) mass is 241 g/mol. The average molecular weight is 241 g/mol. The largest absolute Gasteiger partial charge is 0.344 e. The maximum absolute atomic E-state index is 13.2. The second-order valence-electron chi connectivity index (χ2n) is 3.61. The van der Waals surface area contributed by atoms with E-state index in [1.807, 2.05) is 13.0 Å². The van der Waals surface area contributed by atoms with Crippen molar-refractivity contribution >= 4 is 21.1 Å². The predicted molar refractivity (Wildman–Crippen MR) is 60.6 cm³/mol.